The third-order valence-electron chi connectivity index (χ3n) is 2.80. The zero-order valence-electron chi connectivity index (χ0n) is 11.2. The minimum absolute atomic E-state index is 0.235. The van der Waals surface area contributed by atoms with Crippen LogP contribution in [-0.4, -0.2) is 41.5 Å². The highest BCUT2D eigenvalue weighted by atomic mass is 19.1. The molecule has 0 spiro atoms. The number of benzene rings is 1. The average Bonchev–Trinajstić information content (AvgIpc) is 2.34. The van der Waals surface area contributed by atoms with Gasteiger partial charge in [0.25, 0.3) is 0 Å². The number of carboxylic acids is 1. The van der Waals surface area contributed by atoms with Crippen molar-refractivity contribution in [2.45, 2.75) is 19.4 Å². The highest BCUT2D eigenvalue weighted by Gasteiger charge is 2.22. The molecule has 0 fully saturated rings. The van der Waals surface area contributed by atoms with Crippen LogP contribution in [0, 0.1) is 11.6 Å². The van der Waals surface area contributed by atoms with Crippen LogP contribution < -0.4 is 5.32 Å². The molecular weight excluding hydrogens is 270 g/mol. The number of amides is 1. The Labute approximate surface area is 115 Å². The van der Waals surface area contributed by atoms with Gasteiger partial charge < -0.3 is 10.4 Å². The van der Waals surface area contributed by atoms with Gasteiger partial charge in [-0.2, -0.15) is 0 Å². The van der Waals surface area contributed by atoms with Crippen LogP contribution in [-0.2, 0) is 9.59 Å². The van der Waals surface area contributed by atoms with Crippen molar-refractivity contribution in [3.63, 3.8) is 0 Å². The number of aliphatic carboxylic acids is 1. The molecule has 2 N–H and O–H groups in total. The van der Waals surface area contributed by atoms with Gasteiger partial charge >= 0.3 is 5.97 Å². The summed E-state index contributed by atoms with van der Waals surface area (Å²) in [7, 11) is 1.48. The van der Waals surface area contributed by atoms with Gasteiger partial charge in [0.05, 0.1) is 12.2 Å². The van der Waals surface area contributed by atoms with Crippen LogP contribution >= 0.6 is 0 Å². The van der Waals surface area contributed by atoms with Gasteiger partial charge in [0.1, 0.15) is 17.7 Å². The summed E-state index contributed by atoms with van der Waals surface area (Å²) in [6.07, 6.45) is 0.327. The Hall–Kier alpha value is -2.02. The van der Waals surface area contributed by atoms with Crippen molar-refractivity contribution < 1.29 is 23.5 Å². The Kier molecular flexibility index (Phi) is 5.57. The molecule has 20 heavy (non-hydrogen) atoms. The molecule has 0 aromatic heterocycles. The summed E-state index contributed by atoms with van der Waals surface area (Å²) in [5.74, 6) is -3.09. The van der Waals surface area contributed by atoms with E-state index in [1.807, 2.05) is 0 Å². The van der Waals surface area contributed by atoms with E-state index in [-0.39, 0.29) is 12.2 Å². The van der Waals surface area contributed by atoms with E-state index >= 15 is 0 Å². The smallest absolute Gasteiger partial charge is 0.320 e. The standard InChI is InChI=1S/C13H16F2N2O3/c1-3-11(13(19)20)17(2)7-12(18)16-10-6-8(14)4-5-9(10)15/h4-6,11H,3,7H2,1-2H3,(H,16,18)(H,19,20). The topological polar surface area (TPSA) is 69.6 Å². The van der Waals surface area contributed by atoms with Gasteiger partial charge in [-0.05, 0) is 25.6 Å². The lowest BCUT2D eigenvalue weighted by atomic mass is 10.2. The summed E-state index contributed by atoms with van der Waals surface area (Å²) in [5, 5.41) is 11.2. The third kappa shape index (κ3) is 4.27. The van der Waals surface area contributed by atoms with Crippen LogP contribution in [0.3, 0.4) is 0 Å². The van der Waals surface area contributed by atoms with Crippen molar-refractivity contribution >= 4 is 17.6 Å². The van der Waals surface area contributed by atoms with Crippen molar-refractivity contribution in [2.75, 3.05) is 18.9 Å². The molecule has 0 bridgehead atoms. The zero-order chi connectivity index (χ0) is 15.3. The summed E-state index contributed by atoms with van der Waals surface area (Å²) in [4.78, 5) is 24.0. The third-order valence-corrected chi connectivity index (χ3v) is 2.80. The van der Waals surface area contributed by atoms with Gasteiger partial charge in [0.2, 0.25) is 5.91 Å². The van der Waals surface area contributed by atoms with Crippen molar-refractivity contribution in [3.05, 3.63) is 29.8 Å². The Morgan fingerprint density at radius 3 is 2.60 bits per heavy atom. The molecule has 1 aromatic carbocycles. The monoisotopic (exact) mass is 286 g/mol. The van der Waals surface area contributed by atoms with E-state index in [1.165, 1.54) is 11.9 Å². The summed E-state index contributed by atoms with van der Waals surface area (Å²) in [6, 6.07) is 1.90. The highest BCUT2D eigenvalue weighted by Crippen LogP contribution is 2.15. The van der Waals surface area contributed by atoms with Gasteiger partial charge in [0.15, 0.2) is 0 Å². The number of rotatable bonds is 6. The molecule has 0 aliphatic carbocycles. The fourth-order valence-electron chi connectivity index (χ4n) is 1.79. The first kappa shape index (κ1) is 16.0. The van der Waals surface area contributed by atoms with E-state index in [9.17, 15) is 18.4 Å². The van der Waals surface area contributed by atoms with E-state index < -0.39 is 29.6 Å². The van der Waals surface area contributed by atoms with Gasteiger partial charge in [0, 0.05) is 6.07 Å². The molecule has 0 radical (unpaired) electrons. The number of hydrogen-bond acceptors (Lipinski definition) is 3. The maximum atomic E-state index is 13.3. The van der Waals surface area contributed by atoms with Gasteiger partial charge in [-0.25, -0.2) is 8.78 Å². The van der Waals surface area contributed by atoms with Crippen LogP contribution in [0.15, 0.2) is 18.2 Å². The van der Waals surface area contributed by atoms with E-state index in [4.69, 9.17) is 5.11 Å². The molecular formula is C13H16F2N2O3. The zero-order valence-corrected chi connectivity index (χ0v) is 11.2. The Morgan fingerprint density at radius 2 is 2.05 bits per heavy atom. The number of nitrogens with one attached hydrogen (secondary N) is 1. The maximum absolute atomic E-state index is 13.3. The molecule has 0 aliphatic rings. The number of carbonyl (C=O) groups excluding carboxylic acids is 1. The lowest BCUT2D eigenvalue weighted by Gasteiger charge is -2.22. The molecule has 1 rings (SSSR count). The molecule has 1 atom stereocenters. The predicted octanol–water partition coefficient (Wildman–Crippen LogP) is 1.70. The van der Waals surface area contributed by atoms with Crippen LogP contribution in [0.5, 0.6) is 0 Å². The Balaban J connectivity index is 2.68. The van der Waals surface area contributed by atoms with Crippen molar-refractivity contribution in [1.82, 2.24) is 4.90 Å². The fourth-order valence-corrected chi connectivity index (χ4v) is 1.79. The Morgan fingerprint density at radius 1 is 1.40 bits per heavy atom. The molecule has 110 valence electrons. The number of anilines is 1. The minimum Gasteiger partial charge on any atom is -0.480 e. The van der Waals surface area contributed by atoms with E-state index in [1.54, 1.807) is 6.92 Å². The van der Waals surface area contributed by atoms with Gasteiger partial charge in [-0.3, -0.25) is 14.5 Å². The van der Waals surface area contributed by atoms with E-state index in [0.29, 0.717) is 6.42 Å². The van der Waals surface area contributed by atoms with Gasteiger partial charge in [-0.15, -0.1) is 0 Å². The molecule has 1 unspecified atom stereocenters. The molecule has 0 heterocycles. The molecule has 0 aliphatic heterocycles. The van der Waals surface area contributed by atoms with Crippen molar-refractivity contribution in [1.29, 1.82) is 0 Å². The Bertz CT molecular complexity index is 508. The molecule has 1 aromatic rings. The van der Waals surface area contributed by atoms with Crippen molar-refractivity contribution in [3.8, 4) is 0 Å². The normalized spacial score (nSPS) is 12.2. The first-order chi connectivity index (χ1) is 9.35. The summed E-state index contributed by atoms with van der Waals surface area (Å²) in [6.45, 7) is 1.44. The van der Waals surface area contributed by atoms with Crippen LogP contribution in [0.1, 0.15) is 13.3 Å². The number of likely N-dealkylation sites (N-methyl/N-ethyl adjacent to an activating group) is 1. The predicted molar refractivity (Wildman–Crippen MR) is 69.3 cm³/mol. The number of halogens is 2. The number of carboxylic acid groups (broad SMARTS) is 1. The lowest BCUT2D eigenvalue weighted by molar-refractivity contribution is -0.143. The fraction of sp³-hybridized carbons (Fsp3) is 0.385. The summed E-state index contributed by atoms with van der Waals surface area (Å²) < 4.78 is 26.3. The summed E-state index contributed by atoms with van der Waals surface area (Å²) >= 11 is 0. The minimum atomic E-state index is -1.04. The first-order valence-corrected chi connectivity index (χ1v) is 6.03. The van der Waals surface area contributed by atoms with Gasteiger partial charge in [-0.1, -0.05) is 6.92 Å². The molecule has 0 saturated carbocycles. The highest BCUT2D eigenvalue weighted by molar-refractivity contribution is 5.92. The van der Waals surface area contributed by atoms with E-state index in [0.717, 1.165) is 18.2 Å². The molecule has 1 amide bonds. The second kappa shape index (κ2) is 6.95. The second-order valence-corrected chi connectivity index (χ2v) is 4.35. The summed E-state index contributed by atoms with van der Waals surface area (Å²) in [5.41, 5.74) is -0.272. The van der Waals surface area contributed by atoms with Crippen LogP contribution in [0.2, 0.25) is 0 Å². The van der Waals surface area contributed by atoms with Crippen LogP contribution in [0.25, 0.3) is 0 Å². The quantitative estimate of drug-likeness (QED) is 0.835. The molecule has 0 saturated heterocycles. The SMILES string of the molecule is CCC(C(=O)O)N(C)CC(=O)Nc1cc(F)ccc1F. The van der Waals surface area contributed by atoms with Crippen LogP contribution in [0.4, 0.5) is 14.5 Å². The first-order valence-electron chi connectivity index (χ1n) is 6.03. The van der Waals surface area contributed by atoms with E-state index in [2.05, 4.69) is 5.32 Å². The average molecular weight is 286 g/mol. The number of nitrogens with zero attached hydrogens (tertiary/aromatic N) is 1. The molecule has 5 nitrogen and oxygen atoms in total. The second-order valence-electron chi connectivity index (χ2n) is 4.35. The molecule has 7 heteroatoms. The number of hydrogen-bond donors (Lipinski definition) is 2. The maximum Gasteiger partial charge on any atom is 0.320 e. The number of carbonyl (C=O) groups is 2. The van der Waals surface area contributed by atoms with Crippen molar-refractivity contribution in [2.24, 2.45) is 0 Å². The lowest BCUT2D eigenvalue weighted by Crippen LogP contribution is -2.42. The largest absolute Gasteiger partial charge is 0.480 e.